The first kappa shape index (κ1) is 21.2. The Hall–Kier alpha value is -2.13. The maximum atomic E-state index is 12.3. The highest BCUT2D eigenvalue weighted by Gasteiger charge is 2.16. The third-order valence-corrected chi connectivity index (χ3v) is 5.97. The van der Waals surface area contributed by atoms with Crippen molar-refractivity contribution in [2.24, 2.45) is 0 Å². The van der Waals surface area contributed by atoms with Crippen LogP contribution in [0.15, 0.2) is 22.5 Å². The van der Waals surface area contributed by atoms with Crippen LogP contribution in [0, 0.1) is 13.8 Å². The molecular weight excluding hydrogens is 382 g/mol. The number of anilines is 2. The molecule has 0 aliphatic heterocycles. The van der Waals surface area contributed by atoms with Gasteiger partial charge in [-0.15, -0.1) is 10.2 Å². The van der Waals surface area contributed by atoms with Crippen molar-refractivity contribution in [3.05, 3.63) is 29.3 Å². The standard InChI is InChI=1S/C18H25N5O2S2/c1-5-19-15(24)10-23(6-2)16(25)11-26-18-22-21-17(27-18)20-14-9-7-8-12(3)13(14)4/h7-9H,5-6,10-11H2,1-4H3,(H,19,24)(H,20,21). The minimum Gasteiger partial charge on any atom is -0.355 e. The Balaban J connectivity index is 1.90. The second-order valence-electron chi connectivity index (χ2n) is 5.90. The van der Waals surface area contributed by atoms with Crippen LogP contribution < -0.4 is 10.6 Å². The van der Waals surface area contributed by atoms with E-state index >= 15 is 0 Å². The van der Waals surface area contributed by atoms with Crippen LogP contribution >= 0.6 is 23.1 Å². The predicted octanol–water partition coefficient (Wildman–Crippen LogP) is 2.98. The quantitative estimate of drug-likeness (QED) is 0.622. The van der Waals surface area contributed by atoms with Crippen molar-refractivity contribution < 1.29 is 9.59 Å². The van der Waals surface area contributed by atoms with Crippen LogP contribution in [0.5, 0.6) is 0 Å². The molecule has 9 heteroatoms. The van der Waals surface area contributed by atoms with Crippen LogP contribution in [0.2, 0.25) is 0 Å². The Morgan fingerprint density at radius 2 is 2.00 bits per heavy atom. The van der Waals surface area contributed by atoms with Crippen LogP contribution in [0.4, 0.5) is 10.8 Å². The minimum atomic E-state index is -0.145. The molecule has 27 heavy (non-hydrogen) atoms. The van der Waals surface area contributed by atoms with Gasteiger partial charge in [0.1, 0.15) is 0 Å². The second kappa shape index (κ2) is 10.3. The summed E-state index contributed by atoms with van der Waals surface area (Å²) in [6, 6.07) is 6.06. The molecule has 0 atom stereocenters. The first-order valence-electron chi connectivity index (χ1n) is 8.78. The molecule has 1 aromatic heterocycles. The van der Waals surface area contributed by atoms with Crippen molar-refractivity contribution in [2.45, 2.75) is 32.0 Å². The largest absolute Gasteiger partial charge is 0.355 e. The molecule has 0 spiro atoms. The van der Waals surface area contributed by atoms with E-state index in [2.05, 4.69) is 40.7 Å². The highest BCUT2D eigenvalue weighted by Crippen LogP contribution is 2.29. The van der Waals surface area contributed by atoms with E-state index in [1.54, 1.807) is 0 Å². The molecule has 2 aromatic rings. The number of rotatable bonds is 9. The Labute approximate surface area is 167 Å². The number of benzene rings is 1. The molecule has 2 amide bonds. The molecule has 0 bridgehead atoms. The molecule has 146 valence electrons. The monoisotopic (exact) mass is 407 g/mol. The van der Waals surface area contributed by atoms with E-state index < -0.39 is 0 Å². The smallest absolute Gasteiger partial charge is 0.239 e. The van der Waals surface area contributed by atoms with Crippen LogP contribution in [0.1, 0.15) is 25.0 Å². The number of hydrogen-bond acceptors (Lipinski definition) is 7. The van der Waals surface area contributed by atoms with Gasteiger partial charge in [0, 0.05) is 18.8 Å². The summed E-state index contributed by atoms with van der Waals surface area (Å²) in [7, 11) is 0. The SMILES string of the molecule is CCNC(=O)CN(CC)C(=O)CSc1nnc(Nc2cccc(C)c2C)s1. The second-order valence-corrected chi connectivity index (χ2v) is 8.10. The fourth-order valence-electron chi connectivity index (χ4n) is 2.34. The van der Waals surface area contributed by atoms with E-state index in [0.29, 0.717) is 22.6 Å². The summed E-state index contributed by atoms with van der Waals surface area (Å²) < 4.78 is 0.713. The van der Waals surface area contributed by atoms with Gasteiger partial charge in [-0.25, -0.2) is 0 Å². The summed E-state index contributed by atoms with van der Waals surface area (Å²) in [5.74, 6) is -0.00708. The number of amides is 2. The van der Waals surface area contributed by atoms with E-state index in [4.69, 9.17) is 0 Å². The molecule has 7 nitrogen and oxygen atoms in total. The lowest BCUT2D eigenvalue weighted by molar-refractivity contribution is -0.133. The van der Waals surface area contributed by atoms with Gasteiger partial charge in [0.2, 0.25) is 16.9 Å². The van der Waals surface area contributed by atoms with Gasteiger partial charge in [-0.2, -0.15) is 0 Å². The molecular formula is C18H25N5O2S2. The third-order valence-electron chi connectivity index (χ3n) is 4.01. The van der Waals surface area contributed by atoms with Gasteiger partial charge in [-0.1, -0.05) is 35.2 Å². The summed E-state index contributed by atoms with van der Waals surface area (Å²) in [6.07, 6.45) is 0. The van der Waals surface area contributed by atoms with E-state index in [1.807, 2.05) is 26.0 Å². The van der Waals surface area contributed by atoms with Gasteiger partial charge in [-0.05, 0) is 44.9 Å². The predicted molar refractivity (Wildman–Crippen MR) is 111 cm³/mol. The molecule has 2 rings (SSSR count). The maximum Gasteiger partial charge on any atom is 0.239 e. The Morgan fingerprint density at radius 3 is 2.70 bits per heavy atom. The van der Waals surface area contributed by atoms with Gasteiger partial charge in [0.25, 0.3) is 0 Å². The van der Waals surface area contributed by atoms with Crippen molar-refractivity contribution >= 4 is 45.7 Å². The summed E-state index contributed by atoms with van der Waals surface area (Å²) in [6.45, 7) is 8.96. The highest BCUT2D eigenvalue weighted by molar-refractivity contribution is 8.01. The zero-order chi connectivity index (χ0) is 19.8. The summed E-state index contributed by atoms with van der Waals surface area (Å²) >= 11 is 2.74. The van der Waals surface area contributed by atoms with E-state index in [9.17, 15) is 9.59 Å². The minimum absolute atomic E-state index is 0.0826. The first-order valence-corrected chi connectivity index (χ1v) is 10.6. The molecule has 0 unspecified atom stereocenters. The Morgan fingerprint density at radius 1 is 1.22 bits per heavy atom. The lowest BCUT2D eigenvalue weighted by Gasteiger charge is -2.19. The van der Waals surface area contributed by atoms with Crippen LogP contribution in [-0.2, 0) is 9.59 Å². The Bertz CT molecular complexity index is 794. The van der Waals surface area contributed by atoms with Crippen molar-refractivity contribution in [3.8, 4) is 0 Å². The molecule has 0 aliphatic rings. The summed E-state index contributed by atoms with van der Waals surface area (Å²) in [5.41, 5.74) is 3.37. The average Bonchev–Trinajstić information content (AvgIpc) is 3.09. The van der Waals surface area contributed by atoms with E-state index in [-0.39, 0.29) is 24.1 Å². The van der Waals surface area contributed by atoms with Gasteiger partial charge in [0.15, 0.2) is 4.34 Å². The average molecular weight is 408 g/mol. The molecule has 0 saturated heterocycles. The van der Waals surface area contributed by atoms with Crippen LogP contribution in [0.3, 0.4) is 0 Å². The van der Waals surface area contributed by atoms with Gasteiger partial charge in [-0.3, -0.25) is 9.59 Å². The molecule has 1 aromatic carbocycles. The number of nitrogens with one attached hydrogen (secondary N) is 2. The number of carbonyl (C=O) groups is 2. The number of hydrogen-bond donors (Lipinski definition) is 2. The fraction of sp³-hybridized carbons (Fsp3) is 0.444. The number of nitrogens with zero attached hydrogens (tertiary/aromatic N) is 3. The molecule has 1 heterocycles. The molecule has 0 radical (unpaired) electrons. The van der Waals surface area contributed by atoms with Crippen molar-refractivity contribution in [1.82, 2.24) is 20.4 Å². The molecule has 0 saturated carbocycles. The van der Waals surface area contributed by atoms with Crippen LogP contribution in [0.25, 0.3) is 0 Å². The number of thioether (sulfide) groups is 1. The number of likely N-dealkylation sites (N-methyl/N-ethyl adjacent to an activating group) is 2. The van der Waals surface area contributed by atoms with Gasteiger partial charge in [0.05, 0.1) is 12.3 Å². The normalized spacial score (nSPS) is 10.5. The first-order chi connectivity index (χ1) is 12.9. The highest BCUT2D eigenvalue weighted by atomic mass is 32.2. The van der Waals surface area contributed by atoms with Crippen molar-refractivity contribution in [3.63, 3.8) is 0 Å². The summed E-state index contributed by atoms with van der Waals surface area (Å²) in [5, 5.41) is 14.9. The topological polar surface area (TPSA) is 87.2 Å². The molecule has 0 aliphatic carbocycles. The maximum absolute atomic E-state index is 12.3. The van der Waals surface area contributed by atoms with Crippen LogP contribution in [-0.4, -0.2) is 52.3 Å². The zero-order valence-corrected chi connectivity index (χ0v) is 17.7. The third kappa shape index (κ3) is 6.21. The van der Waals surface area contributed by atoms with Gasteiger partial charge >= 0.3 is 0 Å². The molecule has 2 N–H and O–H groups in total. The van der Waals surface area contributed by atoms with E-state index in [1.165, 1.54) is 39.1 Å². The van der Waals surface area contributed by atoms with Crippen molar-refractivity contribution in [1.29, 1.82) is 0 Å². The summed E-state index contributed by atoms with van der Waals surface area (Å²) in [4.78, 5) is 25.5. The fourth-order valence-corrected chi connectivity index (χ4v) is 4.00. The number of aromatic nitrogens is 2. The zero-order valence-electron chi connectivity index (χ0n) is 16.0. The van der Waals surface area contributed by atoms with Crippen molar-refractivity contribution in [2.75, 3.05) is 30.7 Å². The van der Waals surface area contributed by atoms with E-state index in [0.717, 1.165) is 5.69 Å². The number of carbonyl (C=O) groups excluding carboxylic acids is 2. The molecule has 0 fully saturated rings. The number of aryl methyl sites for hydroxylation is 1. The van der Waals surface area contributed by atoms with Gasteiger partial charge < -0.3 is 15.5 Å². The Kier molecular flexibility index (Phi) is 8.05. The lowest BCUT2D eigenvalue weighted by Crippen LogP contribution is -2.41. The lowest BCUT2D eigenvalue weighted by atomic mass is 10.1.